The molecule has 1 amide bonds. The van der Waals surface area contributed by atoms with Gasteiger partial charge in [-0.1, -0.05) is 20.3 Å². The van der Waals surface area contributed by atoms with Crippen molar-refractivity contribution < 1.29 is 14.7 Å². The molecular formula is C12H22N2O3. The Morgan fingerprint density at radius 1 is 1.47 bits per heavy atom. The van der Waals surface area contributed by atoms with Crippen LogP contribution in [0.15, 0.2) is 0 Å². The van der Waals surface area contributed by atoms with Gasteiger partial charge in [-0.25, -0.2) is 4.79 Å². The molecule has 0 aromatic carbocycles. The van der Waals surface area contributed by atoms with Gasteiger partial charge in [0.1, 0.15) is 6.04 Å². The molecule has 5 heteroatoms. The summed E-state index contributed by atoms with van der Waals surface area (Å²) >= 11 is 0. The third-order valence-corrected chi connectivity index (χ3v) is 3.61. The zero-order valence-corrected chi connectivity index (χ0v) is 10.6. The number of likely N-dealkylation sites (tertiary alicyclic amines) is 1. The minimum absolute atomic E-state index is 0.0823. The topological polar surface area (TPSA) is 83.6 Å². The fraction of sp³-hybridized carbons (Fsp3) is 0.833. The van der Waals surface area contributed by atoms with Crippen molar-refractivity contribution >= 4 is 11.9 Å². The number of carbonyl (C=O) groups is 2. The van der Waals surface area contributed by atoms with Crippen LogP contribution in [0.1, 0.15) is 39.5 Å². The van der Waals surface area contributed by atoms with E-state index >= 15 is 0 Å². The van der Waals surface area contributed by atoms with Gasteiger partial charge in [0.25, 0.3) is 0 Å². The van der Waals surface area contributed by atoms with Crippen molar-refractivity contribution in [2.75, 3.05) is 6.54 Å². The average Bonchev–Trinajstić information content (AvgIpc) is 2.35. The molecule has 0 aliphatic carbocycles. The number of carboxylic acid groups (broad SMARTS) is 1. The molecule has 0 spiro atoms. The average molecular weight is 242 g/mol. The minimum atomic E-state index is -0.922. The summed E-state index contributed by atoms with van der Waals surface area (Å²) < 4.78 is 0. The van der Waals surface area contributed by atoms with Crippen molar-refractivity contribution in [2.24, 2.45) is 11.7 Å². The molecule has 1 rings (SSSR count). The Bertz CT molecular complexity index is 293. The number of rotatable bonds is 4. The van der Waals surface area contributed by atoms with Crippen LogP contribution < -0.4 is 5.73 Å². The van der Waals surface area contributed by atoms with E-state index in [2.05, 4.69) is 0 Å². The number of nitrogens with zero attached hydrogens (tertiary/aromatic N) is 1. The van der Waals surface area contributed by atoms with Crippen molar-refractivity contribution in [1.82, 2.24) is 4.90 Å². The van der Waals surface area contributed by atoms with Gasteiger partial charge < -0.3 is 15.7 Å². The van der Waals surface area contributed by atoms with E-state index in [4.69, 9.17) is 10.8 Å². The number of amides is 1. The lowest BCUT2D eigenvalue weighted by atomic mass is 9.95. The summed E-state index contributed by atoms with van der Waals surface area (Å²) in [5.74, 6) is -1.06. The molecule has 0 bridgehead atoms. The molecule has 0 radical (unpaired) electrons. The van der Waals surface area contributed by atoms with E-state index in [9.17, 15) is 9.59 Å². The van der Waals surface area contributed by atoms with Gasteiger partial charge in [-0.3, -0.25) is 4.79 Å². The number of carbonyl (C=O) groups excluding carboxylic acids is 1. The summed E-state index contributed by atoms with van der Waals surface area (Å²) in [6, 6.07) is -1.27. The fourth-order valence-electron chi connectivity index (χ4n) is 2.14. The quantitative estimate of drug-likeness (QED) is 0.764. The molecular weight excluding hydrogens is 220 g/mol. The molecule has 1 saturated heterocycles. The predicted molar refractivity (Wildman–Crippen MR) is 64.4 cm³/mol. The smallest absolute Gasteiger partial charge is 0.326 e. The molecule has 0 aromatic heterocycles. The number of nitrogens with two attached hydrogens (primary N) is 1. The highest BCUT2D eigenvalue weighted by Gasteiger charge is 2.35. The van der Waals surface area contributed by atoms with Crippen LogP contribution in [0.2, 0.25) is 0 Å². The molecule has 0 aromatic rings. The monoisotopic (exact) mass is 242 g/mol. The molecule has 3 atom stereocenters. The number of aliphatic carboxylic acids is 1. The second-order valence-corrected chi connectivity index (χ2v) is 4.79. The Labute approximate surface area is 102 Å². The number of carboxylic acids is 1. The Morgan fingerprint density at radius 2 is 2.12 bits per heavy atom. The van der Waals surface area contributed by atoms with Gasteiger partial charge in [-0.2, -0.15) is 0 Å². The van der Waals surface area contributed by atoms with Crippen LogP contribution in [0, 0.1) is 5.92 Å². The number of piperidine rings is 1. The van der Waals surface area contributed by atoms with Gasteiger partial charge >= 0.3 is 5.97 Å². The summed E-state index contributed by atoms with van der Waals surface area (Å²) in [7, 11) is 0. The van der Waals surface area contributed by atoms with Crippen molar-refractivity contribution in [3.63, 3.8) is 0 Å². The SMILES string of the molecule is CC[C@H](C)[C@H](N)C(=O)N1CCCC[C@@H]1C(=O)O. The van der Waals surface area contributed by atoms with Crippen LogP contribution in [0.25, 0.3) is 0 Å². The van der Waals surface area contributed by atoms with Gasteiger partial charge in [0.15, 0.2) is 0 Å². The molecule has 1 heterocycles. The lowest BCUT2D eigenvalue weighted by molar-refractivity contribution is -0.153. The van der Waals surface area contributed by atoms with Crippen LogP contribution in [-0.2, 0) is 9.59 Å². The van der Waals surface area contributed by atoms with Crippen LogP contribution in [-0.4, -0.2) is 40.5 Å². The first-order chi connectivity index (χ1) is 7.99. The Hall–Kier alpha value is -1.10. The van der Waals surface area contributed by atoms with Crippen molar-refractivity contribution in [2.45, 2.75) is 51.6 Å². The van der Waals surface area contributed by atoms with Crippen molar-refractivity contribution in [3.05, 3.63) is 0 Å². The van der Waals surface area contributed by atoms with E-state index in [0.717, 1.165) is 19.3 Å². The maximum Gasteiger partial charge on any atom is 0.326 e. The fourth-order valence-corrected chi connectivity index (χ4v) is 2.14. The Kier molecular flexibility index (Phi) is 4.93. The summed E-state index contributed by atoms with van der Waals surface area (Å²) in [5, 5.41) is 9.10. The molecule has 0 unspecified atom stereocenters. The molecule has 1 aliphatic heterocycles. The molecule has 1 aliphatic rings. The normalized spacial score (nSPS) is 24.2. The Morgan fingerprint density at radius 3 is 2.65 bits per heavy atom. The first kappa shape index (κ1) is 14.0. The minimum Gasteiger partial charge on any atom is -0.480 e. The van der Waals surface area contributed by atoms with Gasteiger partial charge in [0.05, 0.1) is 6.04 Å². The van der Waals surface area contributed by atoms with Crippen molar-refractivity contribution in [3.8, 4) is 0 Å². The maximum atomic E-state index is 12.2. The van der Waals surface area contributed by atoms with E-state index in [0.29, 0.717) is 13.0 Å². The van der Waals surface area contributed by atoms with Crippen LogP contribution >= 0.6 is 0 Å². The second-order valence-electron chi connectivity index (χ2n) is 4.79. The maximum absolute atomic E-state index is 12.2. The molecule has 3 N–H and O–H groups in total. The lowest BCUT2D eigenvalue weighted by Crippen LogP contribution is -2.55. The highest BCUT2D eigenvalue weighted by Crippen LogP contribution is 2.20. The first-order valence-electron chi connectivity index (χ1n) is 6.27. The zero-order chi connectivity index (χ0) is 13.0. The predicted octanol–water partition coefficient (Wildman–Crippen LogP) is 0.825. The molecule has 0 saturated carbocycles. The summed E-state index contributed by atoms with van der Waals surface area (Å²) in [6.07, 6.45) is 3.08. The van der Waals surface area contributed by atoms with Gasteiger partial charge in [-0.05, 0) is 25.2 Å². The van der Waals surface area contributed by atoms with Gasteiger partial charge in [0, 0.05) is 6.54 Å². The third-order valence-electron chi connectivity index (χ3n) is 3.61. The van der Waals surface area contributed by atoms with E-state index in [1.165, 1.54) is 4.90 Å². The number of hydrogen-bond acceptors (Lipinski definition) is 3. The van der Waals surface area contributed by atoms with Crippen LogP contribution in [0.4, 0.5) is 0 Å². The standard InChI is InChI=1S/C12H22N2O3/c1-3-8(2)10(13)11(15)14-7-5-4-6-9(14)12(16)17/h8-10H,3-7,13H2,1-2H3,(H,16,17)/t8-,9+,10-/m0/s1. The second kappa shape index (κ2) is 6.00. The zero-order valence-electron chi connectivity index (χ0n) is 10.6. The summed E-state index contributed by atoms with van der Waals surface area (Å²) in [5.41, 5.74) is 5.88. The van der Waals surface area contributed by atoms with E-state index in [-0.39, 0.29) is 11.8 Å². The van der Waals surface area contributed by atoms with Crippen LogP contribution in [0.5, 0.6) is 0 Å². The molecule has 17 heavy (non-hydrogen) atoms. The molecule has 1 fully saturated rings. The van der Waals surface area contributed by atoms with Gasteiger partial charge in [0.2, 0.25) is 5.91 Å². The largest absolute Gasteiger partial charge is 0.480 e. The van der Waals surface area contributed by atoms with E-state index in [1.807, 2.05) is 13.8 Å². The third kappa shape index (κ3) is 3.19. The van der Waals surface area contributed by atoms with E-state index in [1.54, 1.807) is 0 Å². The number of hydrogen-bond donors (Lipinski definition) is 2. The van der Waals surface area contributed by atoms with Gasteiger partial charge in [-0.15, -0.1) is 0 Å². The first-order valence-corrected chi connectivity index (χ1v) is 6.27. The molecule has 5 nitrogen and oxygen atoms in total. The van der Waals surface area contributed by atoms with Crippen molar-refractivity contribution in [1.29, 1.82) is 0 Å². The van der Waals surface area contributed by atoms with E-state index < -0.39 is 18.1 Å². The highest BCUT2D eigenvalue weighted by atomic mass is 16.4. The summed E-state index contributed by atoms with van der Waals surface area (Å²) in [6.45, 7) is 4.41. The Balaban J connectivity index is 2.74. The van der Waals surface area contributed by atoms with Crippen LogP contribution in [0.3, 0.4) is 0 Å². The highest BCUT2D eigenvalue weighted by molar-refractivity contribution is 5.87. The molecule has 98 valence electrons. The lowest BCUT2D eigenvalue weighted by Gasteiger charge is -2.35. The summed E-state index contributed by atoms with van der Waals surface area (Å²) in [4.78, 5) is 24.7.